The van der Waals surface area contributed by atoms with E-state index in [2.05, 4.69) is 24.5 Å². The van der Waals surface area contributed by atoms with E-state index in [1.807, 2.05) is 0 Å². The summed E-state index contributed by atoms with van der Waals surface area (Å²) < 4.78 is 23.2. The fourth-order valence-corrected chi connectivity index (χ4v) is 5.29. The molecule has 2 saturated heterocycles. The van der Waals surface area contributed by atoms with Crippen LogP contribution in [0.15, 0.2) is 0 Å². The smallest absolute Gasteiger partial charge is 0.152 e. The van der Waals surface area contributed by atoms with E-state index in [-0.39, 0.29) is 5.54 Å². The van der Waals surface area contributed by atoms with Crippen molar-refractivity contribution in [1.82, 2.24) is 10.6 Å². The van der Waals surface area contributed by atoms with Crippen molar-refractivity contribution in [3.8, 4) is 0 Å². The summed E-state index contributed by atoms with van der Waals surface area (Å²) in [5.41, 5.74) is 0.159. The zero-order valence-corrected chi connectivity index (χ0v) is 12.4. The lowest BCUT2D eigenvalue weighted by atomic mass is 9.76. The molecule has 1 unspecified atom stereocenters. The van der Waals surface area contributed by atoms with E-state index in [0.29, 0.717) is 16.9 Å². The largest absolute Gasteiger partial charge is 0.317 e. The van der Waals surface area contributed by atoms with Crippen LogP contribution in [-0.4, -0.2) is 45.1 Å². The number of rotatable bonds is 4. The van der Waals surface area contributed by atoms with Gasteiger partial charge in [0.1, 0.15) is 0 Å². The monoisotopic (exact) mass is 274 g/mol. The first kappa shape index (κ1) is 14.3. The van der Waals surface area contributed by atoms with Gasteiger partial charge in [-0.1, -0.05) is 6.92 Å². The van der Waals surface area contributed by atoms with Crippen LogP contribution in [0.3, 0.4) is 0 Å². The molecule has 0 amide bonds. The van der Waals surface area contributed by atoms with E-state index in [9.17, 15) is 8.42 Å². The summed E-state index contributed by atoms with van der Waals surface area (Å²) in [4.78, 5) is 0. The van der Waals surface area contributed by atoms with Crippen LogP contribution in [0.2, 0.25) is 0 Å². The van der Waals surface area contributed by atoms with Gasteiger partial charge in [-0.25, -0.2) is 8.42 Å². The molecule has 18 heavy (non-hydrogen) atoms. The zero-order valence-electron chi connectivity index (χ0n) is 11.6. The summed E-state index contributed by atoms with van der Waals surface area (Å²) in [5, 5.41) is 6.97. The number of sulfone groups is 1. The van der Waals surface area contributed by atoms with E-state index >= 15 is 0 Å². The SMILES string of the molecule is CCC1(CNC2(C)CCS(=O)(=O)C2)CCNCC1. The lowest BCUT2D eigenvalue weighted by Gasteiger charge is -2.40. The highest BCUT2D eigenvalue weighted by Gasteiger charge is 2.40. The predicted octanol–water partition coefficient (Wildman–Crippen LogP) is 0.933. The Morgan fingerprint density at radius 1 is 1.22 bits per heavy atom. The maximum atomic E-state index is 11.6. The average molecular weight is 274 g/mol. The fraction of sp³-hybridized carbons (Fsp3) is 1.00. The van der Waals surface area contributed by atoms with Crippen LogP contribution in [0.5, 0.6) is 0 Å². The van der Waals surface area contributed by atoms with Crippen LogP contribution in [0.1, 0.15) is 39.5 Å². The van der Waals surface area contributed by atoms with Crippen LogP contribution < -0.4 is 10.6 Å². The second kappa shape index (κ2) is 5.10. The van der Waals surface area contributed by atoms with Gasteiger partial charge >= 0.3 is 0 Å². The molecular weight excluding hydrogens is 248 g/mol. The van der Waals surface area contributed by atoms with Crippen molar-refractivity contribution >= 4 is 9.84 Å². The summed E-state index contributed by atoms with van der Waals surface area (Å²) in [6.45, 7) is 7.44. The fourth-order valence-electron chi connectivity index (χ4n) is 3.16. The van der Waals surface area contributed by atoms with E-state index in [1.54, 1.807) is 0 Å². The summed E-state index contributed by atoms with van der Waals surface area (Å²) >= 11 is 0. The Labute approximate surface area is 111 Å². The average Bonchev–Trinajstić information content (AvgIpc) is 2.63. The maximum absolute atomic E-state index is 11.6. The third-order valence-corrected chi connectivity index (χ3v) is 6.71. The van der Waals surface area contributed by atoms with E-state index in [0.717, 1.165) is 26.1 Å². The first-order valence-corrected chi connectivity index (χ1v) is 8.87. The summed E-state index contributed by atoms with van der Waals surface area (Å²) in [5.74, 6) is 0.648. The van der Waals surface area contributed by atoms with Gasteiger partial charge in [-0.05, 0) is 51.1 Å². The molecule has 0 aromatic carbocycles. The lowest BCUT2D eigenvalue weighted by molar-refractivity contribution is 0.168. The molecule has 0 aromatic heterocycles. The quantitative estimate of drug-likeness (QED) is 0.801. The third kappa shape index (κ3) is 3.25. The Morgan fingerprint density at radius 2 is 1.89 bits per heavy atom. The van der Waals surface area contributed by atoms with Crippen molar-refractivity contribution in [1.29, 1.82) is 0 Å². The Hall–Kier alpha value is -0.130. The highest BCUT2D eigenvalue weighted by molar-refractivity contribution is 7.91. The number of nitrogens with one attached hydrogen (secondary N) is 2. The molecule has 2 heterocycles. The molecule has 106 valence electrons. The molecule has 2 fully saturated rings. The van der Waals surface area contributed by atoms with Crippen LogP contribution in [0, 0.1) is 5.41 Å². The van der Waals surface area contributed by atoms with Gasteiger partial charge in [-0.2, -0.15) is 0 Å². The van der Waals surface area contributed by atoms with Crippen molar-refractivity contribution in [2.45, 2.75) is 45.1 Å². The highest BCUT2D eigenvalue weighted by Crippen LogP contribution is 2.33. The van der Waals surface area contributed by atoms with Crippen molar-refractivity contribution < 1.29 is 8.42 Å². The van der Waals surface area contributed by atoms with Gasteiger partial charge in [0.2, 0.25) is 0 Å². The Kier molecular flexibility index (Phi) is 4.04. The molecule has 2 aliphatic heterocycles. The van der Waals surface area contributed by atoms with Crippen LogP contribution in [0.4, 0.5) is 0 Å². The number of hydrogen-bond donors (Lipinski definition) is 2. The van der Waals surface area contributed by atoms with Gasteiger partial charge in [0.05, 0.1) is 11.5 Å². The Morgan fingerprint density at radius 3 is 2.39 bits per heavy atom. The summed E-state index contributed by atoms with van der Waals surface area (Å²) in [7, 11) is -2.81. The molecule has 2 rings (SSSR count). The van der Waals surface area contributed by atoms with Crippen molar-refractivity contribution in [3.05, 3.63) is 0 Å². The molecule has 2 aliphatic rings. The minimum absolute atomic E-state index is 0.203. The second-order valence-corrected chi connectivity index (χ2v) is 8.54. The molecule has 0 bridgehead atoms. The standard InChI is InChI=1S/C13H26N2O2S/c1-3-13(4-7-14-8-5-13)10-15-12(2)6-9-18(16,17)11-12/h14-15H,3-11H2,1-2H3. The molecule has 2 N–H and O–H groups in total. The van der Waals surface area contributed by atoms with Gasteiger partial charge in [-0.15, -0.1) is 0 Å². The van der Waals surface area contributed by atoms with Crippen molar-refractivity contribution in [3.63, 3.8) is 0 Å². The van der Waals surface area contributed by atoms with Crippen molar-refractivity contribution in [2.75, 3.05) is 31.1 Å². The molecule has 4 nitrogen and oxygen atoms in total. The minimum Gasteiger partial charge on any atom is -0.317 e. The Bertz CT molecular complexity index is 388. The first-order valence-electron chi connectivity index (χ1n) is 7.05. The van der Waals surface area contributed by atoms with Crippen molar-refractivity contribution in [2.24, 2.45) is 5.41 Å². The summed E-state index contributed by atoms with van der Waals surface area (Å²) in [6, 6.07) is 0. The zero-order chi connectivity index (χ0) is 13.3. The lowest BCUT2D eigenvalue weighted by Crippen LogP contribution is -2.51. The molecule has 1 atom stereocenters. The van der Waals surface area contributed by atoms with E-state index in [1.165, 1.54) is 19.3 Å². The van der Waals surface area contributed by atoms with Gasteiger partial charge in [-0.3, -0.25) is 0 Å². The molecular formula is C13H26N2O2S. The van der Waals surface area contributed by atoms with Crippen LogP contribution in [0.25, 0.3) is 0 Å². The number of piperidine rings is 1. The predicted molar refractivity (Wildman–Crippen MR) is 74.5 cm³/mol. The molecule has 5 heteroatoms. The van der Waals surface area contributed by atoms with Crippen LogP contribution >= 0.6 is 0 Å². The maximum Gasteiger partial charge on any atom is 0.152 e. The normalized spacial score (nSPS) is 34.6. The van der Waals surface area contributed by atoms with Gasteiger partial charge in [0.15, 0.2) is 9.84 Å². The molecule has 0 aliphatic carbocycles. The van der Waals surface area contributed by atoms with Crippen LogP contribution in [-0.2, 0) is 9.84 Å². The molecule has 0 aromatic rings. The molecule has 0 spiro atoms. The van der Waals surface area contributed by atoms with E-state index in [4.69, 9.17) is 0 Å². The topological polar surface area (TPSA) is 58.2 Å². The second-order valence-electron chi connectivity index (χ2n) is 6.36. The van der Waals surface area contributed by atoms with Gasteiger partial charge in [0, 0.05) is 12.1 Å². The molecule has 0 radical (unpaired) electrons. The third-order valence-electron chi connectivity index (χ3n) is 4.81. The number of hydrogen-bond acceptors (Lipinski definition) is 4. The Balaban J connectivity index is 1.94. The highest BCUT2D eigenvalue weighted by atomic mass is 32.2. The summed E-state index contributed by atoms with van der Waals surface area (Å²) in [6.07, 6.45) is 4.32. The van der Waals surface area contributed by atoms with Gasteiger partial charge < -0.3 is 10.6 Å². The minimum atomic E-state index is -2.81. The van der Waals surface area contributed by atoms with Gasteiger partial charge in [0.25, 0.3) is 0 Å². The van der Waals surface area contributed by atoms with E-state index < -0.39 is 9.84 Å². The first-order chi connectivity index (χ1) is 8.39. The molecule has 0 saturated carbocycles.